The molecule has 3 nitrogen and oxygen atoms in total. The van der Waals surface area contributed by atoms with Gasteiger partial charge in [0.1, 0.15) is 11.5 Å². The number of phenolic OH excluding ortho intramolecular Hbond substituents is 1. The minimum absolute atomic E-state index is 0.259. The zero-order chi connectivity index (χ0) is 14.8. The predicted molar refractivity (Wildman–Crippen MR) is 81.4 cm³/mol. The van der Waals surface area contributed by atoms with Crippen LogP contribution in [0.2, 0.25) is 0 Å². The van der Waals surface area contributed by atoms with E-state index in [0.29, 0.717) is 0 Å². The van der Waals surface area contributed by atoms with E-state index in [-0.39, 0.29) is 5.75 Å². The molecule has 3 heteroatoms. The van der Waals surface area contributed by atoms with Gasteiger partial charge in [-0.15, -0.1) is 0 Å². The van der Waals surface area contributed by atoms with E-state index in [9.17, 15) is 10.2 Å². The van der Waals surface area contributed by atoms with Crippen molar-refractivity contribution in [1.29, 1.82) is 0 Å². The van der Waals surface area contributed by atoms with Crippen molar-refractivity contribution in [3.8, 4) is 11.5 Å². The van der Waals surface area contributed by atoms with Crippen molar-refractivity contribution in [3.63, 3.8) is 0 Å². The molecule has 0 bridgehead atoms. The molecule has 2 N–H and O–H groups in total. The summed E-state index contributed by atoms with van der Waals surface area (Å²) in [4.78, 5) is 0. The van der Waals surface area contributed by atoms with Gasteiger partial charge in [0.2, 0.25) is 0 Å². The molecule has 20 heavy (non-hydrogen) atoms. The van der Waals surface area contributed by atoms with Crippen LogP contribution in [0.1, 0.15) is 32.3 Å². The molecule has 108 valence electrons. The van der Waals surface area contributed by atoms with E-state index in [2.05, 4.69) is 0 Å². The molecule has 2 aromatic rings. The smallest absolute Gasteiger partial charge is 0.122 e. The first-order chi connectivity index (χ1) is 9.40. The molecule has 0 heterocycles. The lowest BCUT2D eigenvalue weighted by Gasteiger charge is -2.18. The zero-order valence-electron chi connectivity index (χ0n) is 12.3. The van der Waals surface area contributed by atoms with E-state index in [4.69, 9.17) is 4.74 Å². The van der Waals surface area contributed by atoms with Gasteiger partial charge < -0.3 is 14.9 Å². The lowest BCUT2D eigenvalue weighted by atomic mass is 9.95. The number of hydrogen-bond donors (Lipinski definition) is 2. The van der Waals surface area contributed by atoms with Gasteiger partial charge in [0.25, 0.3) is 0 Å². The monoisotopic (exact) mass is 274 g/mol. The molecular formula is C17H22O3. The number of phenols is 1. The van der Waals surface area contributed by atoms with E-state index >= 15 is 0 Å². The van der Waals surface area contributed by atoms with Gasteiger partial charge in [-0.05, 0) is 62.1 Å². The second-order valence-corrected chi connectivity index (χ2v) is 5.82. The van der Waals surface area contributed by atoms with Gasteiger partial charge in [-0.25, -0.2) is 0 Å². The summed E-state index contributed by atoms with van der Waals surface area (Å²) in [6, 6.07) is 9.32. The van der Waals surface area contributed by atoms with Crippen molar-refractivity contribution >= 4 is 10.8 Å². The molecule has 0 saturated heterocycles. The maximum Gasteiger partial charge on any atom is 0.122 e. The Bertz CT molecular complexity index is 597. The standard InChI is InChI=1S/C17H22O3/c1-17(2,19)10-4-5-14-15-11-13(18)8-6-12(15)7-9-16(14)20-3/h6-9,11,18-19H,4-5,10H2,1-3H3. The van der Waals surface area contributed by atoms with Gasteiger partial charge in [-0.1, -0.05) is 12.1 Å². The third-order valence-electron chi connectivity index (χ3n) is 3.51. The first kappa shape index (κ1) is 14.7. The summed E-state index contributed by atoms with van der Waals surface area (Å²) in [5, 5.41) is 21.6. The largest absolute Gasteiger partial charge is 0.508 e. The van der Waals surface area contributed by atoms with Gasteiger partial charge >= 0.3 is 0 Å². The van der Waals surface area contributed by atoms with Crippen LogP contribution >= 0.6 is 0 Å². The average molecular weight is 274 g/mol. The molecule has 0 aliphatic rings. The van der Waals surface area contributed by atoms with E-state index in [1.54, 1.807) is 19.2 Å². The fraction of sp³-hybridized carbons (Fsp3) is 0.412. The molecule has 2 aromatic carbocycles. The summed E-state index contributed by atoms with van der Waals surface area (Å²) >= 11 is 0. The van der Waals surface area contributed by atoms with E-state index in [0.717, 1.165) is 41.3 Å². The Hall–Kier alpha value is -1.74. The zero-order valence-corrected chi connectivity index (χ0v) is 12.3. The molecule has 0 spiro atoms. The normalized spacial score (nSPS) is 11.8. The average Bonchev–Trinajstić information content (AvgIpc) is 2.37. The summed E-state index contributed by atoms with van der Waals surface area (Å²) < 4.78 is 5.43. The molecular weight excluding hydrogens is 252 g/mol. The number of fused-ring (bicyclic) bond motifs is 1. The Kier molecular flexibility index (Phi) is 4.19. The Morgan fingerprint density at radius 3 is 2.50 bits per heavy atom. The molecule has 0 fully saturated rings. The molecule has 0 saturated carbocycles. The summed E-state index contributed by atoms with van der Waals surface area (Å²) in [6.07, 6.45) is 2.41. The van der Waals surface area contributed by atoms with Crippen LogP contribution in [0.5, 0.6) is 11.5 Å². The summed E-state index contributed by atoms with van der Waals surface area (Å²) in [5.41, 5.74) is 0.435. The van der Waals surface area contributed by atoms with Crippen LogP contribution in [0.15, 0.2) is 30.3 Å². The molecule has 0 aliphatic heterocycles. The molecule has 0 radical (unpaired) electrons. The summed E-state index contributed by atoms with van der Waals surface area (Å²) in [6.45, 7) is 3.64. The van der Waals surface area contributed by atoms with Crippen LogP contribution in [0.3, 0.4) is 0 Å². The van der Waals surface area contributed by atoms with Crippen molar-refractivity contribution in [2.45, 2.75) is 38.7 Å². The number of aromatic hydroxyl groups is 1. The maximum absolute atomic E-state index is 9.81. The molecule has 0 aromatic heterocycles. The summed E-state index contributed by atoms with van der Waals surface area (Å²) in [7, 11) is 1.66. The Morgan fingerprint density at radius 2 is 1.85 bits per heavy atom. The highest BCUT2D eigenvalue weighted by atomic mass is 16.5. The highest BCUT2D eigenvalue weighted by molar-refractivity contribution is 5.89. The maximum atomic E-state index is 9.81. The fourth-order valence-electron chi connectivity index (χ4n) is 2.50. The lowest BCUT2D eigenvalue weighted by Crippen LogP contribution is -2.18. The SMILES string of the molecule is COc1ccc2ccc(O)cc2c1CCCC(C)(C)O. The number of hydrogen-bond acceptors (Lipinski definition) is 3. The number of methoxy groups -OCH3 is 1. The first-order valence-corrected chi connectivity index (χ1v) is 6.92. The molecule has 0 amide bonds. The van der Waals surface area contributed by atoms with Crippen molar-refractivity contribution in [2.75, 3.05) is 7.11 Å². The van der Waals surface area contributed by atoms with E-state index < -0.39 is 5.60 Å². The Balaban J connectivity index is 2.35. The van der Waals surface area contributed by atoms with Gasteiger partial charge in [-0.2, -0.15) is 0 Å². The first-order valence-electron chi connectivity index (χ1n) is 6.92. The Morgan fingerprint density at radius 1 is 1.15 bits per heavy atom. The topological polar surface area (TPSA) is 49.7 Å². The van der Waals surface area contributed by atoms with Crippen LogP contribution in [-0.2, 0) is 6.42 Å². The van der Waals surface area contributed by atoms with Crippen LogP contribution in [-0.4, -0.2) is 22.9 Å². The van der Waals surface area contributed by atoms with Crippen molar-refractivity contribution in [3.05, 3.63) is 35.9 Å². The highest BCUT2D eigenvalue weighted by Gasteiger charge is 2.14. The minimum atomic E-state index is -0.653. The van der Waals surface area contributed by atoms with Crippen LogP contribution in [0.4, 0.5) is 0 Å². The van der Waals surface area contributed by atoms with Crippen molar-refractivity contribution < 1.29 is 14.9 Å². The molecule has 0 aliphatic carbocycles. The minimum Gasteiger partial charge on any atom is -0.508 e. The van der Waals surface area contributed by atoms with Gasteiger partial charge in [0.05, 0.1) is 12.7 Å². The third-order valence-corrected chi connectivity index (χ3v) is 3.51. The van der Waals surface area contributed by atoms with Crippen LogP contribution < -0.4 is 4.74 Å². The summed E-state index contributed by atoms with van der Waals surface area (Å²) in [5.74, 6) is 1.09. The predicted octanol–water partition coefficient (Wildman–Crippen LogP) is 3.65. The van der Waals surface area contributed by atoms with Gasteiger partial charge in [-0.3, -0.25) is 0 Å². The molecule has 0 unspecified atom stereocenters. The van der Waals surface area contributed by atoms with E-state index in [1.165, 1.54) is 0 Å². The lowest BCUT2D eigenvalue weighted by molar-refractivity contribution is 0.0689. The Labute approximate surface area is 119 Å². The quantitative estimate of drug-likeness (QED) is 0.875. The fourth-order valence-corrected chi connectivity index (χ4v) is 2.50. The second-order valence-electron chi connectivity index (χ2n) is 5.82. The number of benzene rings is 2. The number of rotatable bonds is 5. The van der Waals surface area contributed by atoms with Crippen LogP contribution in [0, 0.1) is 0 Å². The molecule has 2 rings (SSSR count). The van der Waals surface area contributed by atoms with Gasteiger partial charge in [0, 0.05) is 5.56 Å². The van der Waals surface area contributed by atoms with Crippen LogP contribution in [0.25, 0.3) is 10.8 Å². The number of aliphatic hydroxyl groups is 1. The van der Waals surface area contributed by atoms with E-state index in [1.807, 2.05) is 32.0 Å². The number of aryl methyl sites for hydroxylation is 1. The van der Waals surface area contributed by atoms with Gasteiger partial charge in [0.15, 0.2) is 0 Å². The second kappa shape index (κ2) is 5.71. The third kappa shape index (κ3) is 3.42. The van der Waals surface area contributed by atoms with Crippen molar-refractivity contribution in [1.82, 2.24) is 0 Å². The van der Waals surface area contributed by atoms with Crippen molar-refractivity contribution in [2.24, 2.45) is 0 Å². The highest BCUT2D eigenvalue weighted by Crippen LogP contribution is 2.32. The molecule has 0 atom stereocenters. The number of ether oxygens (including phenoxy) is 1.